The Bertz CT molecular complexity index is 617. The van der Waals surface area contributed by atoms with E-state index in [1.807, 2.05) is 18.3 Å². The SMILES string of the molecule is CCNCC1COCCN1c1nccc2ccc(O)cc12. The van der Waals surface area contributed by atoms with Crippen LogP contribution in [0.5, 0.6) is 5.75 Å². The normalized spacial score (nSPS) is 19.1. The molecule has 2 heterocycles. The van der Waals surface area contributed by atoms with Crippen LogP contribution in [0.25, 0.3) is 10.8 Å². The summed E-state index contributed by atoms with van der Waals surface area (Å²) in [6, 6.07) is 7.66. The Morgan fingerprint density at radius 2 is 2.33 bits per heavy atom. The van der Waals surface area contributed by atoms with Crippen molar-refractivity contribution < 1.29 is 9.84 Å². The Kier molecular flexibility index (Phi) is 4.22. The molecule has 0 bridgehead atoms. The second kappa shape index (κ2) is 6.28. The number of morpholine rings is 1. The highest BCUT2D eigenvalue weighted by Crippen LogP contribution is 2.29. The lowest BCUT2D eigenvalue weighted by Gasteiger charge is -2.37. The van der Waals surface area contributed by atoms with Crippen LogP contribution in [0.15, 0.2) is 30.5 Å². The third-order valence-electron chi connectivity index (χ3n) is 3.86. The second-order valence-corrected chi connectivity index (χ2v) is 5.27. The van der Waals surface area contributed by atoms with Gasteiger partial charge in [-0.25, -0.2) is 4.98 Å². The number of hydrogen-bond donors (Lipinski definition) is 2. The number of nitrogens with zero attached hydrogens (tertiary/aromatic N) is 2. The lowest BCUT2D eigenvalue weighted by atomic mass is 10.1. The van der Waals surface area contributed by atoms with E-state index in [1.165, 1.54) is 0 Å². The first-order valence-electron chi connectivity index (χ1n) is 7.42. The summed E-state index contributed by atoms with van der Waals surface area (Å²) in [6.07, 6.45) is 1.83. The summed E-state index contributed by atoms with van der Waals surface area (Å²) in [7, 11) is 0. The first-order valence-corrected chi connectivity index (χ1v) is 7.42. The number of phenols is 1. The summed E-state index contributed by atoms with van der Waals surface area (Å²) in [6.45, 7) is 6.13. The highest BCUT2D eigenvalue weighted by Gasteiger charge is 2.25. The van der Waals surface area contributed by atoms with Crippen LogP contribution in [-0.4, -0.2) is 49.0 Å². The molecule has 1 aliphatic heterocycles. The van der Waals surface area contributed by atoms with Crippen LogP contribution in [0.2, 0.25) is 0 Å². The minimum atomic E-state index is 0.263. The molecule has 3 rings (SSSR count). The number of hydrogen-bond acceptors (Lipinski definition) is 5. The molecule has 2 aromatic rings. The number of ether oxygens (including phenoxy) is 1. The Morgan fingerprint density at radius 1 is 1.43 bits per heavy atom. The maximum absolute atomic E-state index is 9.78. The van der Waals surface area contributed by atoms with Crippen molar-refractivity contribution in [1.29, 1.82) is 0 Å². The molecule has 0 amide bonds. The van der Waals surface area contributed by atoms with Crippen LogP contribution < -0.4 is 10.2 Å². The van der Waals surface area contributed by atoms with E-state index in [9.17, 15) is 5.11 Å². The lowest BCUT2D eigenvalue weighted by molar-refractivity contribution is 0.0937. The number of benzene rings is 1. The third-order valence-corrected chi connectivity index (χ3v) is 3.86. The van der Waals surface area contributed by atoms with Gasteiger partial charge in [0.2, 0.25) is 0 Å². The Morgan fingerprint density at radius 3 is 3.19 bits per heavy atom. The van der Waals surface area contributed by atoms with E-state index in [4.69, 9.17) is 4.74 Å². The predicted molar refractivity (Wildman–Crippen MR) is 83.9 cm³/mol. The van der Waals surface area contributed by atoms with Crippen molar-refractivity contribution in [3.05, 3.63) is 30.5 Å². The molecular formula is C16H21N3O2. The van der Waals surface area contributed by atoms with Gasteiger partial charge in [-0.15, -0.1) is 0 Å². The maximum Gasteiger partial charge on any atom is 0.136 e. The van der Waals surface area contributed by atoms with Crippen molar-refractivity contribution in [2.75, 3.05) is 37.7 Å². The number of nitrogens with one attached hydrogen (secondary N) is 1. The first-order chi connectivity index (χ1) is 10.3. The molecule has 5 nitrogen and oxygen atoms in total. The number of aromatic hydroxyl groups is 1. The monoisotopic (exact) mass is 287 g/mol. The molecule has 1 saturated heterocycles. The van der Waals surface area contributed by atoms with Crippen LogP contribution in [0.4, 0.5) is 5.82 Å². The number of pyridine rings is 1. The molecular weight excluding hydrogens is 266 g/mol. The van der Waals surface area contributed by atoms with Gasteiger partial charge >= 0.3 is 0 Å². The average Bonchev–Trinajstić information content (AvgIpc) is 2.52. The van der Waals surface area contributed by atoms with Crippen LogP contribution in [-0.2, 0) is 4.74 Å². The van der Waals surface area contributed by atoms with Gasteiger partial charge in [0.05, 0.1) is 19.3 Å². The standard InChI is InChI=1S/C16H21N3O2/c1-2-17-10-13-11-21-8-7-19(13)16-15-9-14(20)4-3-12(15)5-6-18-16/h3-6,9,13,17,20H,2,7-8,10-11H2,1H3. The lowest BCUT2D eigenvalue weighted by Crippen LogP contribution is -2.51. The zero-order valence-electron chi connectivity index (χ0n) is 12.2. The molecule has 1 atom stereocenters. The quantitative estimate of drug-likeness (QED) is 0.897. The highest BCUT2D eigenvalue weighted by atomic mass is 16.5. The van der Waals surface area contributed by atoms with Gasteiger partial charge in [0.25, 0.3) is 0 Å². The molecule has 21 heavy (non-hydrogen) atoms. The maximum atomic E-state index is 9.78. The second-order valence-electron chi connectivity index (χ2n) is 5.27. The minimum absolute atomic E-state index is 0.263. The minimum Gasteiger partial charge on any atom is -0.508 e. The number of anilines is 1. The van der Waals surface area contributed by atoms with Crippen molar-refractivity contribution in [2.45, 2.75) is 13.0 Å². The fourth-order valence-corrected chi connectivity index (χ4v) is 2.78. The number of fused-ring (bicyclic) bond motifs is 1. The summed E-state index contributed by atoms with van der Waals surface area (Å²) in [5, 5.41) is 15.2. The molecule has 0 radical (unpaired) electrons. The van der Waals surface area contributed by atoms with E-state index < -0.39 is 0 Å². The van der Waals surface area contributed by atoms with Crippen LogP contribution >= 0.6 is 0 Å². The van der Waals surface area contributed by atoms with Crippen molar-refractivity contribution in [2.24, 2.45) is 0 Å². The summed E-state index contributed by atoms with van der Waals surface area (Å²) < 4.78 is 5.61. The highest BCUT2D eigenvalue weighted by molar-refractivity contribution is 5.93. The van der Waals surface area contributed by atoms with Gasteiger partial charge in [-0.1, -0.05) is 13.0 Å². The molecule has 112 valence electrons. The summed E-state index contributed by atoms with van der Waals surface area (Å²) in [4.78, 5) is 6.85. The van der Waals surface area contributed by atoms with Crippen LogP contribution in [0.1, 0.15) is 6.92 Å². The van der Waals surface area contributed by atoms with Gasteiger partial charge in [-0.05, 0) is 30.1 Å². The zero-order chi connectivity index (χ0) is 14.7. The summed E-state index contributed by atoms with van der Waals surface area (Å²) >= 11 is 0. The number of rotatable bonds is 4. The van der Waals surface area contributed by atoms with E-state index in [2.05, 4.69) is 22.1 Å². The summed E-state index contributed by atoms with van der Waals surface area (Å²) in [5.74, 6) is 1.20. The number of phenolic OH excluding ortho intramolecular Hbond substituents is 1. The van der Waals surface area contributed by atoms with E-state index >= 15 is 0 Å². The van der Waals surface area contributed by atoms with Gasteiger partial charge in [-0.2, -0.15) is 0 Å². The van der Waals surface area contributed by atoms with Gasteiger partial charge in [0, 0.05) is 24.7 Å². The van der Waals surface area contributed by atoms with Crippen molar-refractivity contribution in [1.82, 2.24) is 10.3 Å². The van der Waals surface area contributed by atoms with Crippen molar-refractivity contribution in [3.63, 3.8) is 0 Å². The van der Waals surface area contributed by atoms with Gasteiger partial charge < -0.3 is 20.1 Å². The van der Waals surface area contributed by atoms with E-state index in [0.29, 0.717) is 13.2 Å². The van der Waals surface area contributed by atoms with Crippen molar-refractivity contribution in [3.8, 4) is 5.75 Å². The molecule has 0 saturated carbocycles. The van der Waals surface area contributed by atoms with Gasteiger partial charge in [0.15, 0.2) is 0 Å². The Balaban J connectivity index is 1.98. The molecule has 1 unspecified atom stereocenters. The Labute approximate surface area is 124 Å². The van der Waals surface area contributed by atoms with E-state index in [1.54, 1.807) is 12.1 Å². The molecule has 1 aromatic carbocycles. The topological polar surface area (TPSA) is 57.6 Å². The van der Waals surface area contributed by atoms with Crippen molar-refractivity contribution >= 4 is 16.6 Å². The molecule has 1 aliphatic rings. The average molecular weight is 287 g/mol. The molecule has 2 N–H and O–H groups in total. The largest absolute Gasteiger partial charge is 0.508 e. The molecule has 0 aliphatic carbocycles. The van der Waals surface area contributed by atoms with Gasteiger partial charge in [0.1, 0.15) is 11.6 Å². The fraction of sp³-hybridized carbons (Fsp3) is 0.438. The number of aromatic nitrogens is 1. The fourth-order valence-electron chi connectivity index (χ4n) is 2.78. The van der Waals surface area contributed by atoms with Crippen LogP contribution in [0.3, 0.4) is 0 Å². The van der Waals surface area contributed by atoms with E-state index in [0.717, 1.165) is 36.2 Å². The third kappa shape index (κ3) is 2.94. The zero-order valence-corrected chi connectivity index (χ0v) is 12.2. The molecule has 5 heteroatoms. The smallest absolute Gasteiger partial charge is 0.136 e. The number of likely N-dealkylation sites (N-methyl/N-ethyl adjacent to an activating group) is 1. The summed E-state index contributed by atoms with van der Waals surface area (Å²) in [5.41, 5.74) is 0. The Hall–Kier alpha value is -1.85. The van der Waals surface area contributed by atoms with E-state index in [-0.39, 0.29) is 11.8 Å². The molecule has 0 spiro atoms. The van der Waals surface area contributed by atoms with Gasteiger partial charge in [-0.3, -0.25) is 0 Å². The predicted octanol–water partition coefficient (Wildman–Crippen LogP) is 1.76. The molecule has 1 aromatic heterocycles. The molecule has 1 fully saturated rings. The first kappa shape index (κ1) is 14.1. The van der Waals surface area contributed by atoms with Crippen LogP contribution in [0, 0.1) is 0 Å².